The Morgan fingerprint density at radius 1 is 1.40 bits per heavy atom. The highest BCUT2D eigenvalue weighted by Crippen LogP contribution is 2.26. The van der Waals surface area contributed by atoms with Crippen LogP contribution in [0.15, 0.2) is 39.1 Å². The van der Waals surface area contributed by atoms with Crippen molar-refractivity contribution in [1.82, 2.24) is 0 Å². The van der Waals surface area contributed by atoms with Crippen LogP contribution in [0.3, 0.4) is 0 Å². The molecule has 0 unspecified atom stereocenters. The second-order valence-corrected chi connectivity index (χ2v) is 3.11. The molecule has 0 aliphatic carbocycles. The van der Waals surface area contributed by atoms with Crippen LogP contribution in [0.2, 0.25) is 0 Å². The quantitative estimate of drug-likeness (QED) is 0.514. The smallest absolute Gasteiger partial charge is 0.0651 e. The minimum Gasteiger partial charge on any atom is -0.287 e. The molecule has 0 amide bonds. The highest BCUT2D eigenvalue weighted by molar-refractivity contribution is 8.06. The van der Waals surface area contributed by atoms with E-state index >= 15 is 0 Å². The summed E-state index contributed by atoms with van der Waals surface area (Å²) in [5.41, 5.74) is 1.34. The van der Waals surface area contributed by atoms with Crippen molar-refractivity contribution in [2.24, 2.45) is 4.99 Å². The molecule has 0 atom stereocenters. The van der Waals surface area contributed by atoms with Crippen LogP contribution in [0.25, 0.3) is 0 Å². The third-order valence-electron chi connectivity index (χ3n) is 1.47. The molecule has 2 heterocycles. The summed E-state index contributed by atoms with van der Waals surface area (Å²) in [6.07, 6.45) is 8.18. The van der Waals surface area contributed by atoms with E-state index in [0.717, 1.165) is 6.54 Å². The zero-order chi connectivity index (χ0) is 6.81. The molecule has 2 rings (SSSR count). The lowest BCUT2D eigenvalue weighted by Gasteiger charge is -1.92. The highest BCUT2D eigenvalue weighted by atomic mass is 32.2. The Hall–Kier alpha value is -0.760. The van der Waals surface area contributed by atoms with E-state index in [-0.39, 0.29) is 0 Å². The lowest BCUT2D eigenvalue weighted by molar-refractivity contribution is 1.23. The maximum Gasteiger partial charge on any atom is 0.0651 e. The number of allylic oxidation sites excluding steroid dienone is 3. The van der Waals surface area contributed by atoms with Crippen molar-refractivity contribution in [2.75, 3.05) is 6.54 Å². The molecule has 2 aliphatic rings. The Kier molecular flexibility index (Phi) is 1.47. The summed E-state index contributed by atoms with van der Waals surface area (Å²) >= 11 is 1.74. The van der Waals surface area contributed by atoms with E-state index in [9.17, 15) is 0 Å². The second kappa shape index (κ2) is 2.46. The summed E-state index contributed by atoms with van der Waals surface area (Å²) in [7, 11) is 0. The molecule has 2 aliphatic heterocycles. The van der Waals surface area contributed by atoms with E-state index in [1.807, 2.05) is 6.21 Å². The van der Waals surface area contributed by atoms with E-state index in [4.69, 9.17) is 0 Å². The summed E-state index contributed by atoms with van der Waals surface area (Å²) in [6.45, 7) is 0.862. The third kappa shape index (κ3) is 0.948. The van der Waals surface area contributed by atoms with Crippen LogP contribution in [-0.4, -0.2) is 12.8 Å². The van der Waals surface area contributed by atoms with Gasteiger partial charge < -0.3 is 0 Å². The largest absolute Gasteiger partial charge is 0.287 e. The molecule has 1 nitrogen and oxygen atoms in total. The van der Waals surface area contributed by atoms with Crippen molar-refractivity contribution >= 4 is 18.0 Å². The topological polar surface area (TPSA) is 12.4 Å². The van der Waals surface area contributed by atoms with Crippen LogP contribution in [0.5, 0.6) is 0 Å². The molecule has 0 bridgehead atoms. The average Bonchev–Trinajstić information content (AvgIpc) is 2.28. The Morgan fingerprint density at radius 2 is 2.40 bits per heavy atom. The maximum absolute atomic E-state index is 4.16. The Labute approximate surface area is 64.2 Å². The fourth-order valence-electron chi connectivity index (χ4n) is 0.958. The van der Waals surface area contributed by atoms with Gasteiger partial charge in [-0.2, -0.15) is 0 Å². The molecule has 0 spiro atoms. The first-order valence-corrected chi connectivity index (χ1v) is 4.07. The van der Waals surface area contributed by atoms with E-state index in [0.29, 0.717) is 0 Å². The van der Waals surface area contributed by atoms with Gasteiger partial charge in [-0.25, -0.2) is 0 Å². The highest BCUT2D eigenvalue weighted by Gasteiger charge is 2.07. The summed E-state index contributed by atoms with van der Waals surface area (Å²) in [5.74, 6) is 0. The van der Waals surface area contributed by atoms with Crippen molar-refractivity contribution in [3.05, 3.63) is 34.1 Å². The molecule has 10 heavy (non-hydrogen) atoms. The number of hydrogen-bond donors (Lipinski definition) is 0. The number of nitrogens with zero attached hydrogens (tertiary/aromatic N) is 1. The van der Waals surface area contributed by atoms with E-state index in [1.54, 1.807) is 11.8 Å². The van der Waals surface area contributed by atoms with Gasteiger partial charge in [0.1, 0.15) is 0 Å². The average molecular weight is 149 g/mol. The fraction of sp³-hybridized carbons (Fsp3) is 0.125. The van der Waals surface area contributed by atoms with Crippen molar-refractivity contribution in [2.45, 2.75) is 0 Å². The number of hydrogen-bond acceptors (Lipinski definition) is 2. The first-order valence-electron chi connectivity index (χ1n) is 3.20. The minimum atomic E-state index is 0.862. The molecule has 0 aromatic carbocycles. The Bertz CT molecular complexity index is 258. The van der Waals surface area contributed by atoms with Crippen LogP contribution in [0.4, 0.5) is 0 Å². The summed E-state index contributed by atoms with van der Waals surface area (Å²) in [5, 5.41) is 2.08. The SMILES string of the molecule is C1=CSC2=C(C=C1)CN=C2. The van der Waals surface area contributed by atoms with E-state index in [2.05, 4.69) is 28.6 Å². The monoisotopic (exact) mass is 149 g/mol. The van der Waals surface area contributed by atoms with Gasteiger partial charge in [0.05, 0.1) is 6.54 Å². The van der Waals surface area contributed by atoms with Gasteiger partial charge in [0.15, 0.2) is 0 Å². The van der Waals surface area contributed by atoms with Gasteiger partial charge in [-0.3, -0.25) is 4.99 Å². The molecule has 0 radical (unpaired) electrons. The first kappa shape index (κ1) is 5.98. The van der Waals surface area contributed by atoms with Gasteiger partial charge in [-0.05, 0) is 11.0 Å². The lowest BCUT2D eigenvalue weighted by Crippen LogP contribution is -1.79. The fourth-order valence-corrected chi connectivity index (χ4v) is 1.69. The molecule has 0 aromatic heterocycles. The second-order valence-electron chi connectivity index (χ2n) is 2.16. The lowest BCUT2D eigenvalue weighted by atomic mass is 10.2. The zero-order valence-electron chi connectivity index (χ0n) is 5.45. The molecule has 0 N–H and O–H groups in total. The standard InChI is InChI=1S/C8H7NS/c1-2-4-10-8-6-9-5-7(8)3-1/h1-4,6H,5H2. The molecule has 50 valence electrons. The zero-order valence-corrected chi connectivity index (χ0v) is 6.27. The predicted molar refractivity (Wildman–Crippen MR) is 46.3 cm³/mol. The Balaban J connectivity index is 2.36. The first-order chi connectivity index (χ1) is 4.97. The maximum atomic E-state index is 4.16. The van der Waals surface area contributed by atoms with Crippen molar-refractivity contribution in [3.63, 3.8) is 0 Å². The van der Waals surface area contributed by atoms with Crippen molar-refractivity contribution < 1.29 is 0 Å². The van der Waals surface area contributed by atoms with Crippen LogP contribution < -0.4 is 0 Å². The van der Waals surface area contributed by atoms with Gasteiger partial charge in [0.25, 0.3) is 0 Å². The van der Waals surface area contributed by atoms with Crippen LogP contribution in [0, 0.1) is 0 Å². The number of rotatable bonds is 0. The molecular weight excluding hydrogens is 142 g/mol. The van der Waals surface area contributed by atoms with Gasteiger partial charge in [-0.1, -0.05) is 30.0 Å². The van der Waals surface area contributed by atoms with Crippen LogP contribution in [0.1, 0.15) is 0 Å². The summed E-state index contributed by atoms with van der Waals surface area (Å²) in [6, 6.07) is 0. The molecule has 0 aromatic rings. The van der Waals surface area contributed by atoms with E-state index < -0.39 is 0 Å². The number of thioether (sulfide) groups is 1. The Morgan fingerprint density at radius 3 is 3.40 bits per heavy atom. The van der Waals surface area contributed by atoms with Crippen molar-refractivity contribution in [3.8, 4) is 0 Å². The minimum absolute atomic E-state index is 0.862. The van der Waals surface area contributed by atoms with Gasteiger partial charge >= 0.3 is 0 Å². The summed E-state index contributed by atoms with van der Waals surface area (Å²) < 4.78 is 0. The molecule has 0 fully saturated rings. The van der Waals surface area contributed by atoms with E-state index in [1.165, 1.54) is 10.5 Å². The molecule has 0 saturated carbocycles. The third-order valence-corrected chi connectivity index (χ3v) is 2.38. The van der Waals surface area contributed by atoms with Gasteiger partial charge in [0, 0.05) is 11.1 Å². The molecule has 2 heteroatoms. The van der Waals surface area contributed by atoms with Crippen LogP contribution >= 0.6 is 11.8 Å². The van der Waals surface area contributed by atoms with Crippen molar-refractivity contribution in [1.29, 1.82) is 0 Å². The van der Waals surface area contributed by atoms with Gasteiger partial charge in [0.2, 0.25) is 0 Å². The molecule has 0 saturated heterocycles. The van der Waals surface area contributed by atoms with Gasteiger partial charge in [-0.15, -0.1) is 0 Å². The molecular formula is C8H7NS. The predicted octanol–water partition coefficient (Wildman–Crippen LogP) is 2.14. The normalized spacial score (nSPS) is 21.6. The van der Waals surface area contributed by atoms with Crippen LogP contribution in [-0.2, 0) is 0 Å². The summed E-state index contributed by atoms with van der Waals surface area (Å²) in [4.78, 5) is 5.46. The number of aliphatic imine (C=N–C) groups is 1.